The maximum absolute atomic E-state index is 12.4. The second kappa shape index (κ2) is 17.8. The SMILES string of the molecule is COc1c(Cl)ccc(Cl)c1C(=O)Cl.COc1c(Cl)ccc(Cl)c1C(=O)Oc1cnc2ccccc2n1.Cl.O=c1cnc2ccccc2[nH]1. The molecular formula is C32H22Cl6N4O6. The van der Waals surface area contributed by atoms with Crippen molar-refractivity contribution in [2.45, 2.75) is 0 Å². The van der Waals surface area contributed by atoms with Crippen LogP contribution in [0.5, 0.6) is 17.4 Å². The predicted molar refractivity (Wildman–Crippen MR) is 190 cm³/mol. The third-order valence-electron chi connectivity index (χ3n) is 6.03. The van der Waals surface area contributed by atoms with E-state index in [1.54, 1.807) is 6.07 Å². The molecule has 248 valence electrons. The minimum Gasteiger partial charge on any atom is -0.494 e. The van der Waals surface area contributed by atoms with Gasteiger partial charge in [0.25, 0.3) is 10.8 Å². The number of rotatable bonds is 5. The second-order valence-electron chi connectivity index (χ2n) is 9.00. The van der Waals surface area contributed by atoms with Crippen LogP contribution >= 0.6 is 70.4 Å². The van der Waals surface area contributed by atoms with E-state index in [2.05, 4.69) is 19.9 Å². The monoisotopic (exact) mass is 768 g/mol. The maximum Gasteiger partial charge on any atom is 0.350 e. The number of hydrogen-bond donors (Lipinski definition) is 1. The largest absolute Gasteiger partial charge is 0.494 e. The first-order valence-electron chi connectivity index (χ1n) is 13.2. The van der Waals surface area contributed by atoms with Crippen molar-refractivity contribution in [1.82, 2.24) is 19.9 Å². The Kier molecular flexibility index (Phi) is 14.2. The van der Waals surface area contributed by atoms with E-state index in [-0.39, 0.29) is 61.5 Å². The van der Waals surface area contributed by atoms with Crippen molar-refractivity contribution in [2.24, 2.45) is 0 Å². The molecule has 16 heteroatoms. The fraction of sp³-hybridized carbons (Fsp3) is 0.0625. The molecule has 0 saturated heterocycles. The van der Waals surface area contributed by atoms with Gasteiger partial charge in [-0.2, -0.15) is 0 Å². The van der Waals surface area contributed by atoms with E-state index in [1.807, 2.05) is 42.5 Å². The number of fused-ring (bicyclic) bond motifs is 2. The summed E-state index contributed by atoms with van der Waals surface area (Å²) in [4.78, 5) is 49.1. The van der Waals surface area contributed by atoms with Crippen molar-refractivity contribution in [1.29, 1.82) is 0 Å². The Morgan fingerprint density at radius 1 is 0.667 bits per heavy atom. The van der Waals surface area contributed by atoms with Gasteiger partial charge in [-0.25, -0.2) is 19.7 Å². The van der Waals surface area contributed by atoms with Crippen LogP contribution in [0.4, 0.5) is 0 Å². The first-order chi connectivity index (χ1) is 22.5. The molecule has 6 rings (SSSR count). The average Bonchev–Trinajstić information content (AvgIpc) is 3.06. The van der Waals surface area contributed by atoms with Crippen LogP contribution in [-0.4, -0.2) is 45.4 Å². The molecule has 0 aliphatic heterocycles. The topological polar surface area (TPSA) is 133 Å². The number of aromatic nitrogens is 4. The molecule has 0 atom stereocenters. The number of halogens is 6. The molecule has 0 aliphatic rings. The van der Waals surface area contributed by atoms with Gasteiger partial charge in [0, 0.05) is 0 Å². The van der Waals surface area contributed by atoms with Gasteiger partial charge in [0.15, 0.2) is 11.5 Å². The number of H-pyrrole nitrogens is 1. The number of nitrogens with zero attached hydrogens (tertiary/aromatic N) is 3. The van der Waals surface area contributed by atoms with Crippen molar-refractivity contribution in [3.8, 4) is 17.4 Å². The molecule has 0 spiro atoms. The summed E-state index contributed by atoms with van der Waals surface area (Å²) in [5.74, 6) is -0.308. The van der Waals surface area contributed by atoms with E-state index >= 15 is 0 Å². The molecule has 0 amide bonds. The Hall–Kier alpha value is -4.16. The number of benzene rings is 4. The van der Waals surface area contributed by atoms with Crippen molar-refractivity contribution in [3.05, 3.63) is 127 Å². The van der Waals surface area contributed by atoms with Crippen molar-refractivity contribution in [2.75, 3.05) is 14.2 Å². The van der Waals surface area contributed by atoms with Crippen LogP contribution in [0, 0.1) is 0 Å². The van der Waals surface area contributed by atoms with Crippen LogP contribution in [0.25, 0.3) is 22.1 Å². The highest BCUT2D eigenvalue weighted by Gasteiger charge is 2.22. The molecule has 48 heavy (non-hydrogen) atoms. The maximum atomic E-state index is 12.4. The van der Waals surface area contributed by atoms with Crippen LogP contribution in [0.3, 0.4) is 0 Å². The fourth-order valence-electron chi connectivity index (χ4n) is 3.96. The van der Waals surface area contributed by atoms with Crippen LogP contribution in [-0.2, 0) is 0 Å². The minimum absolute atomic E-state index is 0. The Bertz CT molecular complexity index is 2150. The van der Waals surface area contributed by atoms with E-state index in [9.17, 15) is 14.4 Å². The molecule has 0 radical (unpaired) electrons. The van der Waals surface area contributed by atoms with E-state index in [0.29, 0.717) is 16.1 Å². The Labute approximate surface area is 304 Å². The summed E-state index contributed by atoms with van der Waals surface area (Å²) in [6, 6.07) is 20.7. The van der Waals surface area contributed by atoms with Crippen LogP contribution in [0.1, 0.15) is 20.7 Å². The molecule has 0 aliphatic carbocycles. The quantitative estimate of drug-likeness (QED) is 0.135. The van der Waals surface area contributed by atoms with Gasteiger partial charge >= 0.3 is 5.97 Å². The highest BCUT2D eigenvalue weighted by atomic mass is 35.5. The minimum atomic E-state index is -0.723. The number of carbonyl (C=O) groups excluding carboxylic acids is 2. The lowest BCUT2D eigenvalue weighted by atomic mass is 10.2. The summed E-state index contributed by atoms with van der Waals surface area (Å²) in [5, 5.41) is 0.264. The molecular weight excluding hydrogens is 749 g/mol. The lowest BCUT2D eigenvalue weighted by Gasteiger charge is -2.11. The normalized spacial score (nSPS) is 10.1. The summed E-state index contributed by atoms with van der Waals surface area (Å²) in [7, 11) is 2.78. The molecule has 10 nitrogen and oxygen atoms in total. The Balaban J connectivity index is 0.000000212. The second-order valence-corrected chi connectivity index (χ2v) is 11.0. The van der Waals surface area contributed by atoms with Crippen molar-refractivity contribution >= 4 is 104 Å². The van der Waals surface area contributed by atoms with E-state index in [1.165, 1.54) is 50.9 Å². The van der Waals surface area contributed by atoms with Crippen LogP contribution in [0.2, 0.25) is 20.1 Å². The number of methoxy groups -OCH3 is 2. The lowest BCUT2D eigenvalue weighted by molar-refractivity contribution is 0.0724. The first-order valence-corrected chi connectivity index (χ1v) is 15.0. The molecule has 2 aromatic heterocycles. The van der Waals surface area contributed by atoms with E-state index < -0.39 is 11.2 Å². The van der Waals surface area contributed by atoms with Crippen molar-refractivity contribution in [3.63, 3.8) is 0 Å². The van der Waals surface area contributed by atoms with Crippen molar-refractivity contribution < 1.29 is 23.8 Å². The average molecular weight is 771 g/mol. The fourth-order valence-corrected chi connectivity index (χ4v) is 5.13. The molecule has 2 heterocycles. The zero-order valence-corrected chi connectivity index (χ0v) is 29.3. The molecule has 1 N–H and O–H groups in total. The summed E-state index contributed by atoms with van der Waals surface area (Å²) < 4.78 is 15.3. The highest BCUT2D eigenvalue weighted by molar-refractivity contribution is 6.69. The zero-order valence-electron chi connectivity index (χ0n) is 24.7. The number of nitrogens with one attached hydrogen (secondary N) is 1. The molecule has 0 fully saturated rings. The van der Waals surface area contributed by atoms with Crippen LogP contribution in [0.15, 0.2) is 90.0 Å². The van der Waals surface area contributed by atoms with Gasteiger partial charge in [-0.3, -0.25) is 9.59 Å². The van der Waals surface area contributed by atoms with Gasteiger partial charge in [0.05, 0.1) is 74.3 Å². The van der Waals surface area contributed by atoms with Gasteiger partial charge in [-0.1, -0.05) is 70.7 Å². The molecule has 0 saturated carbocycles. The molecule has 6 aromatic rings. The van der Waals surface area contributed by atoms with Gasteiger partial charge in [0.1, 0.15) is 5.56 Å². The zero-order chi connectivity index (χ0) is 34.1. The summed E-state index contributed by atoms with van der Waals surface area (Å²) in [5.41, 5.74) is 2.87. The number of para-hydroxylation sites is 4. The Morgan fingerprint density at radius 2 is 1.17 bits per heavy atom. The van der Waals surface area contributed by atoms with Crippen LogP contribution < -0.4 is 19.8 Å². The number of ether oxygens (including phenoxy) is 3. The third-order valence-corrected chi connectivity index (χ3v) is 7.45. The van der Waals surface area contributed by atoms with E-state index in [0.717, 1.165) is 11.0 Å². The number of esters is 1. The standard InChI is InChI=1S/C16H10Cl2N2O3.C8H5Cl3O2.C8H6N2O.ClH/c1-22-15-10(18)7-6-9(17)14(15)16(21)23-13-8-19-11-4-2-3-5-12(11)20-13;1-13-7-5(10)3-2-4(9)6(7)8(11)12;11-8-5-9-6-3-1-2-4-7(6)10-8;/h2-8H,1H3;2-3H,1H3;1-5H,(H,10,11);1H. The molecule has 4 aromatic carbocycles. The number of carbonyl (C=O) groups is 2. The predicted octanol–water partition coefficient (Wildman–Crippen LogP) is 8.89. The van der Waals surface area contributed by atoms with Gasteiger partial charge in [-0.05, 0) is 60.1 Å². The lowest BCUT2D eigenvalue weighted by Crippen LogP contribution is -2.12. The van der Waals surface area contributed by atoms with E-state index in [4.69, 9.17) is 72.2 Å². The molecule has 0 unspecified atom stereocenters. The smallest absolute Gasteiger partial charge is 0.350 e. The summed E-state index contributed by atoms with van der Waals surface area (Å²) >= 11 is 28.9. The van der Waals surface area contributed by atoms with Gasteiger partial charge in [0.2, 0.25) is 5.88 Å². The number of aromatic amines is 1. The Morgan fingerprint density at radius 3 is 1.75 bits per heavy atom. The number of hydrogen-bond acceptors (Lipinski definition) is 9. The molecule has 0 bridgehead atoms. The highest BCUT2D eigenvalue weighted by Crippen LogP contribution is 2.35. The third kappa shape index (κ3) is 9.47. The first kappa shape index (κ1) is 38.3. The summed E-state index contributed by atoms with van der Waals surface area (Å²) in [6.45, 7) is 0. The van der Waals surface area contributed by atoms with Gasteiger partial charge in [-0.15, -0.1) is 12.4 Å². The summed E-state index contributed by atoms with van der Waals surface area (Å²) in [6.07, 6.45) is 2.65. The van der Waals surface area contributed by atoms with Gasteiger partial charge < -0.3 is 19.2 Å².